The number of hydrogen-bond donors (Lipinski definition) is 2. The smallest absolute Gasteiger partial charge is 0.321 e. The minimum Gasteiger partial charge on any atom is -0.389 e. The highest BCUT2D eigenvalue weighted by Crippen LogP contribution is 2.19. The van der Waals surface area contributed by atoms with Crippen LogP contribution in [0.2, 0.25) is 0 Å². The minimum absolute atomic E-state index is 0.0142. The van der Waals surface area contributed by atoms with Gasteiger partial charge in [0.05, 0.1) is 5.60 Å². The molecule has 1 aromatic rings. The van der Waals surface area contributed by atoms with Crippen LogP contribution in [0.1, 0.15) is 24.2 Å². The van der Waals surface area contributed by atoms with Gasteiger partial charge in [0.1, 0.15) is 0 Å². The van der Waals surface area contributed by atoms with Crippen molar-refractivity contribution in [3.63, 3.8) is 0 Å². The highest BCUT2D eigenvalue weighted by molar-refractivity contribution is 5.97. The van der Waals surface area contributed by atoms with Crippen molar-refractivity contribution in [2.24, 2.45) is 0 Å². The molecule has 1 aromatic carbocycles. The molecule has 0 atom stereocenters. The van der Waals surface area contributed by atoms with Crippen LogP contribution in [0.15, 0.2) is 24.3 Å². The Bertz CT molecular complexity index is 631. The summed E-state index contributed by atoms with van der Waals surface area (Å²) in [5.74, 6) is 0.0142. The summed E-state index contributed by atoms with van der Waals surface area (Å²) >= 11 is 0. The van der Waals surface area contributed by atoms with E-state index in [9.17, 15) is 14.7 Å². The lowest BCUT2D eigenvalue weighted by atomic mass is 10.1. The number of nitrogens with one attached hydrogen (secondary N) is 1. The summed E-state index contributed by atoms with van der Waals surface area (Å²) in [5.41, 5.74) is 0.727. The van der Waals surface area contributed by atoms with E-state index in [4.69, 9.17) is 0 Å². The summed E-state index contributed by atoms with van der Waals surface area (Å²) in [6, 6.07) is 7.12. The highest BCUT2D eigenvalue weighted by Gasteiger charge is 2.26. The van der Waals surface area contributed by atoms with E-state index in [1.54, 1.807) is 30.9 Å². The summed E-state index contributed by atoms with van der Waals surface area (Å²) in [5, 5.41) is 12.7. The standard InChI is InChI=1S/C18H26N4O3/c1-18(2,25)13-20-9-11-21(12-10-20)16(23)14-3-5-15(6-4-14)22-8-7-19-17(22)24/h3-6,25H,7-13H2,1-2H3,(H,19,24). The lowest BCUT2D eigenvalue weighted by Gasteiger charge is -2.37. The molecule has 7 nitrogen and oxygen atoms in total. The molecule has 2 aliphatic rings. The second-order valence-corrected chi connectivity index (χ2v) is 7.31. The van der Waals surface area contributed by atoms with Crippen molar-refractivity contribution >= 4 is 17.6 Å². The Morgan fingerprint density at radius 3 is 2.28 bits per heavy atom. The molecule has 7 heteroatoms. The Morgan fingerprint density at radius 2 is 1.76 bits per heavy atom. The van der Waals surface area contributed by atoms with E-state index in [2.05, 4.69) is 10.2 Å². The number of hydrogen-bond acceptors (Lipinski definition) is 4. The first kappa shape index (κ1) is 17.7. The van der Waals surface area contributed by atoms with Crippen LogP contribution in [0.25, 0.3) is 0 Å². The summed E-state index contributed by atoms with van der Waals surface area (Å²) in [7, 11) is 0. The zero-order valence-corrected chi connectivity index (χ0v) is 14.9. The van der Waals surface area contributed by atoms with Gasteiger partial charge in [-0.3, -0.25) is 14.6 Å². The van der Waals surface area contributed by atoms with Crippen molar-refractivity contribution in [1.82, 2.24) is 15.1 Å². The summed E-state index contributed by atoms with van der Waals surface area (Å²) in [4.78, 5) is 30.0. The van der Waals surface area contributed by atoms with Gasteiger partial charge in [-0.25, -0.2) is 4.79 Å². The van der Waals surface area contributed by atoms with E-state index in [0.717, 1.165) is 18.8 Å². The van der Waals surface area contributed by atoms with Gasteiger partial charge in [0.2, 0.25) is 0 Å². The number of nitrogens with zero attached hydrogens (tertiary/aromatic N) is 3. The Kier molecular flexibility index (Phi) is 4.96. The fourth-order valence-corrected chi connectivity index (χ4v) is 3.34. The van der Waals surface area contributed by atoms with E-state index in [-0.39, 0.29) is 11.9 Å². The van der Waals surface area contributed by atoms with Crippen molar-refractivity contribution in [3.05, 3.63) is 29.8 Å². The average Bonchev–Trinajstić information content (AvgIpc) is 3.00. The molecular formula is C18H26N4O3. The molecule has 2 N–H and O–H groups in total. The molecule has 25 heavy (non-hydrogen) atoms. The molecule has 0 aromatic heterocycles. The lowest BCUT2D eigenvalue weighted by Crippen LogP contribution is -2.52. The molecule has 3 amide bonds. The molecule has 0 spiro atoms. The summed E-state index contributed by atoms with van der Waals surface area (Å²) in [6.07, 6.45) is 0. The van der Waals surface area contributed by atoms with Crippen LogP contribution in [0.5, 0.6) is 0 Å². The van der Waals surface area contributed by atoms with Gasteiger partial charge in [-0.05, 0) is 38.1 Å². The van der Waals surface area contributed by atoms with Gasteiger partial charge in [-0.2, -0.15) is 0 Å². The zero-order valence-electron chi connectivity index (χ0n) is 14.9. The fraction of sp³-hybridized carbons (Fsp3) is 0.556. The third-order valence-corrected chi connectivity index (χ3v) is 4.55. The number of piperazine rings is 1. The summed E-state index contributed by atoms with van der Waals surface area (Å²) in [6.45, 7) is 8.35. The largest absolute Gasteiger partial charge is 0.389 e. The maximum Gasteiger partial charge on any atom is 0.321 e. The number of carbonyl (C=O) groups excluding carboxylic acids is 2. The first-order chi connectivity index (χ1) is 11.8. The number of anilines is 1. The monoisotopic (exact) mass is 346 g/mol. The van der Waals surface area contributed by atoms with Gasteiger partial charge in [0.15, 0.2) is 0 Å². The van der Waals surface area contributed by atoms with Crippen molar-refractivity contribution in [2.75, 3.05) is 50.7 Å². The number of urea groups is 1. The van der Waals surface area contributed by atoms with Gasteiger partial charge in [-0.1, -0.05) is 0 Å². The van der Waals surface area contributed by atoms with Crippen LogP contribution >= 0.6 is 0 Å². The molecule has 2 heterocycles. The Hall–Kier alpha value is -2.12. The third-order valence-electron chi connectivity index (χ3n) is 4.55. The molecule has 0 bridgehead atoms. The van der Waals surface area contributed by atoms with Gasteiger partial charge >= 0.3 is 6.03 Å². The van der Waals surface area contributed by atoms with E-state index in [0.29, 0.717) is 38.3 Å². The second kappa shape index (κ2) is 7.01. The van der Waals surface area contributed by atoms with Gasteiger partial charge in [-0.15, -0.1) is 0 Å². The molecule has 0 saturated carbocycles. The van der Waals surface area contributed by atoms with E-state index in [1.807, 2.05) is 17.0 Å². The van der Waals surface area contributed by atoms with Crippen molar-refractivity contribution in [3.8, 4) is 0 Å². The van der Waals surface area contributed by atoms with Gasteiger partial charge < -0.3 is 15.3 Å². The molecule has 0 unspecified atom stereocenters. The van der Waals surface area contributed by atoms with Crippen LogP contribution in [0.3, 0.4) is 0 Å². The minimum atomic E-state index is -0.718. The Labute approximate surface area is 148 Å². The maximum atomic E-state index is 12.7. The van der Waals surface area contributed by atoms with Crippen LogP contribution in [-0.4, -0.2) is 78.3 Å². The van der Waals surface area contributed by atoms with Crippen LogP contribution in [0, 0.1) is 0 Å². The number of amides is 3. The predicted molar refractivity (Wildman–Crippen MR) is 95.8 cm³/mol. The average molecular weight is 346 g/mol. The normalized spacial score (nSPS) is 19.2. The van der Waals surface area contributed by atoms with Crippen LogP contribution < -0.4 is 10.2 Å². The SMILES string of the molecule is CC(C)(O)CN1CCN(C(=O)c2ccc(N3CCNC3=O)cc2)CC1. The molecule has 136 valence electrons. The lowest BCUT2D eigenvalue weighted by molar-refractivity contribution is 0.0178. The maximum absolute atomic E-state index is 12.7. The fourth-order valence-electron chi connectivity index (χ4n) is 3.34. The van der Waals surface area contributed by atoms with Crippen molar-refractivity contribution in [1.29, 1.82) is 0 Å². The molecule has 3 rings (SSSR count). The first-order valence-corrected chi connectivity index (χ1v) is 8.73. The Morgan fingerprint density at radius 1 is 1.12 bits per heavy atom. The molecule has 2 saturated heterocycles. The highest BCUT2D eigenvalue weighted by atomic mass is 16.3. The number of aliphatic hydroxyl groups is 1. The second-order valence-electron chi connectivity index (χ2n) is 7.31. The number of carbonyl (C=O) groups is 2. The summed E-state index contributed by atoms with van der Waals surface area (Å²) < 4.78 is 0. The molecule has 0 aliphatic carbocycles. The van der Waals surface area contributed by atoms with Crippen LogP contribution in [-0.2, 0) is 0 Å². The Balaban J connectivity index is 1.58. The molecular weight excluding hydrogens is 320 g/mol. The molecule has 0 radical (unpaired) electrons. The molecule has 2 aliphatic heterocycles. The quantitative estimate of drug-likeness (QED) is 0.843. The van der Waals surface area contributed by atoms with Crippen molar-refractivity contribution < 1.29 is 14.7 Å². The van der Waals surface area contributed by atoms with Crippen molar-refractivity contribution in [2.45, 2.75) is 19.4 Å². The van der Waals surface area contributed by atoms with Gasteiger partial charge in [0, 0.05) is 57.1 Å². The first-order valence-electron chi connectivity index (χ1n) is 8.73. The number of benzene rings is 1. The number of β-amino-alcohol motifs (C(OH)–C–C–N with tert-alkyl or cyclic N) is 1. The third kappa shape index (κ3) is 4.29. The van der Waals surface area contributed by atoms with E-state index in [1.165, 1.54) is 0 Å². The zero-order chi connectivity index (χ0) is 18.0. The van der Waals surface area contributed by atoms with Gasteiger partial charge in [0.25, 0.3) is 5.91 Å². The van der Waals surface area contributed by atoms with Crippen LogP contribution in [0.4, 0.5) is 10.5 Å². The van der Waals surface area contributed by atoms with E-state index < -0.39 is 5.60 Å². The van der Waals surface area contributed by atoms with E-state index >= 15 is 0 Å². The predicted octanol–water partition coefficient (Wildman–Crippen LogP) is 0.745. The molecule has 2 fully saturated rings. The number of rotatable bonds is 4. The topological polar surface area (TPSA) is 76.1 Å².